The standard InChI is InChI=1S/C15H24N2O2S2/c1-11-3-4-12(2)17(10-11)21(18,19)15-7-8-20-14(15)9-16-13-5-6-13/h7-8,11-13,16H,3-6,9-10H2,1-2H3. The number of sulfonamides is 1. The summed E-state index contributed by atoms with van der Waals surface area (Å²) in [6, 6.07) is 2.47. The van der Waals surface area contributed by atoms with E-state index >= 15 is 0 Å². The first-order valence-corrected chi connectivity index (χ1v) is 10.1. The van der Waals surface area contributed by atoms with Gasteiger partial charge in [0.1, 0.15) is 0 Å². The predicted octanol–water partition coefficient (Wildman–Crippen LogP) is 2.81. The van der Waals surface area contributed by atoms with Gasteiger partial charge in [0.05, 0.1) is 4.90 Å². The van der Waals surface area contributed by atoms with Crippen molar-refractivity contribution in [2.45, 2.75) is 63.1 Å². The van der Waals surface area contributed by atoms with Gasteiger partial charge in [-0.3, -0.25) is 0 Å². The van der Waals surface area contributed by atoms with Crippen molar-refractivity contribution >= 4 is 21.4 Å². The van der Waals surface area contributed by atoms with Crippen LogP contribution in [0.1, 0.15) is 44.4 Å². The van der Waals surface area contributed by atoms with Crippen LogP contribution in [0.3, 0.4) is 0 Å². The molecular weight excluding hydrogens is 304 g/mol. The minimum absolute atomic E-state index is 0.107. The van der Waals surface area contributed by atoms with Gasteiger partial charge in [-0.2, -0.15) is 4.31 Å². The third-order valence-corrected chi connectivity index (χ3v) is 7.60. The highest BCUT2D eigenvalue weighted by molar-refractivity contribution is 7.89. The van der Waals surface area contributed by atoms with Crippen LogP contribution in [0, 0.1) is 5.92 Å². The van der Waals surface area contributed by atoms with E-state index in [2.05, 4.69) is 12.2 Å². The van der Waals surface area contributed by atoms with E-state index in [-0.39, 0.29) is 6.04 Å². The Morgan fingerprint density at radius 1 is 1.29 bits per heavy atom. The van der Waals surface area contributed by atoms with E-state index < -0.39 is 10.0 Å². The van der Waals surface area contributed by atoms with Gasteiger partial charge in [-0.25, -0.2) is 8.42 Å². The number of nitrogens with one attached hydrogen (secondary N) is 1. The Morgan fingerprint density at radius 2 is 2.05 bits per heavy atom. The Morgan fingerprint density at radius 3 is 2.76 bits per heavy atom. The number of rotatable bonds is 5. The Bertz CT molecular complexity index is 593. The number of hydrogen-bond acceptors (Lipinski definition) is 4. The second-order valence-electron chi connectivity index (χ2n) is 6.47. The molecule has 0 bridgehead atoms. The van der Waals surface area contributed by atoms with Gasteiger partial charge in [-0.15, -0.1) is 11.3 Å². The highest BCUT2D eigenvalue weighted by Crippen LogP contribution is 2.32. The number of hydrogen-bond donors (Lipinski definition) is 1. The predicted molar refractivity (Wildman–Crippen MR) is 85.9 cm³/mol. The van der Waals surface area contributed by atoms with Crippen LogP contribution >= 0.6 is 11.3 Å². The van der Waals surface area contributed by atoms with Gasteiger partial charge in [0, 0.05) is 30.1 Å². The molecule has 4 nitrogen and oxygen atoms in total. The van der Waals surface area contributed by atoms with Gasteiger partial charge in [0.2, 0.25) is 10.0 Å². The normalized spacial score (nSPS) is 27.9. The topological polar surface area (TPSA) is 49.4 Å². The molecule has 3 rings (SSSR count). The molecule has 6 heteroatoms. The zero-order chi connectivity index (χ0) is 15.0. The Kier molecular flexibility index (Phi) is 4.41. The van der Waals surface area contributed by atoms with E-state index in [9.17, 15) is 8.42 Å². The zero-order valence-corrected chi connectivity index (χ0v) is 14.3. The number of nitrogens with zero attached hydrogens (tertiary/aromatic N) is 1. The molecule has 21 heavy (non-hydrogen) atoms. The molecule has 2 atom stereocenters. The second-order valence-corrected chi connectivity index (χ2v) is 9.33. The van der Waals surface area contributed by atoms with Crippen LogP contribution in [0.4, 0.5) is 0 Å². The first-order chi connectivity index (χ1) is 9.98. The van der Waals surface area contributed by atoms with E-state index in [4.69, 9.17) is 0 Å². The molecule has 0 radical (unpaired) electrons. The third-order valence-electron chi connectivity index (χ3n) is 4.48. The van der Waals surface area contributed by atoms with Gasteiger partial charge in [-0.1, -0.05) is 6.92 Å². The van der Waals surface area contributed by atoms with Crippen molar-refractivity contribution < 1.29 is 8.42 Å². The van der Waals surface area contributed by atoms with Gasteiger partial charge < -0.3 is 5.32 Å². The van der Waals surface area contributed by atoms with Crippen LogP contribution in [0.25, 0.3) is 0 Å². The maximum Gasteiger partial charge on any atom is 0.244 e. The summed E-state index contributed by atoms with van der Waals surface area (Å²) in [4.78, 5) is 1.47. The maximum absolute atomic E-state index is 13.0. The molecule has 1 N–H and O–H groups in total. The summed E-state index contributed by atoms with van der Waals surface area (Å²) in [6.07, 6.45) is 4.51. The summed E-state index contributed by atoms with van der Waals surface area (Å²) in [5.41, 5.74) is 0. The summed E-state index contributed by atoms with van der Waals surface area (Å²) in [5, 5.41) is 5.32. The van der Waals surface area contributed by atoms with Crippen LogP contribution in [0.2, 0.25) is 0 Å². The van der Waals surface area contributed by atoms with Crippen molar-refractivity contribution in [1.82, 2.24) is 9.62 Å². The minimum Gasteiger partial charge on any atom is -0.309 e. The average Bonchev–Trinajstić information content (AvgIpc) is 3.15. The van der Waals surface area contributed by atoms with E-state index in [1.54, 1.807) is 21.7 Å². The van der Waals surface area contributed by atoms with E-state index in [1.807, 2.05) is 12.3 Å². The molecule has 1 saturated carbocycles. The summed E-state index contributed by atoms with van der Waals surface area (Å²) < 4.78 is 27.7. The van der Waals surface area contributed by atoms with Crippen molar-refractivity contribution in [3.05, 3.63) is 16.3 Å². The van der Waals surface area contributed by atoms with Gasteiger partial charge in [0.15, 0.2) is 0 Å². The molecule has 1 aromatic rings. The van der Waals surface area contributed by atoms with E-state index in [0.29, 0.717) is 29.9 Å². The molecule has 0 amide bonds. The molecule has 2 aliphatic rings. The summed E-state index contributed by atoms with van der Waals surface area (Å²) in [7, 11) is -3.36. The van der Waals surface area contributed by atoms with Gasteiger partial charge in [0.25, 0.3) is 0 Å². The second kappa shape index (κ2) is 5.99. The highest BCUT2D eigenvalue weighted by atomic mass is 32.2. The monoisotopic (exact) mass is 328 g/mol. The first kappa shape index (κ1) is 15.5. The third kappa shape index (κ3) is 3.33. The molecular formula is C15H24N2O2S2. The van der Waals surface area contributed by atoms with Crippen LogP contribution in [-0.2, 0) is 16.6 Å². The molecule has 118 valence electrons. The molecule has 2 heterocycles. The molecule has 0 spiro atoms. The summed E-state index contributed by atoms with van der Waals surface area (Å²) in [6.45, 7) is 5.49. The average molecular weight is 329 g/mol. The fourth-order valence-electron chi connectivity index (χ4n) is 2.92. The lowest BCUT2D eigenvalue weighted by atomic mass is 9.97. The van der Waals surface area contributed by atoms with Crippen LogP contribution < -0.4 is 5.32 Å². The SMILES string of the molecule is CC1CCC(C)N(S(=O)(=O)c2ccsc2CNC2CC2)C1. The number of piperidine rings is 1. The van der Waals surface area contributed by atoms with Gasteiger partial charge in [-0.05, 0) is 50.0 Å². The quantitative estimate of drug-likeness (QED) is 0.904. The van der Waals surface area contributed by atoms with Crippen molar-refractivity contribution in [3.8, 4) is 0 Å². The van der Waals surface area contributed by atoms with Crippen molar-refractivity contribution in [2.24, 2.45) is 5.92 Å². The first-order valence-electron chi connectivity index (χ1n) is 7.80. The van der Waals surface area contributed by atoms with Crippen LogP contribution in [0.15, 0.2) is 16.3 Å². The molecule has 0 aromatic carbocycles. The fourth-order valence-corrected chi connectivity index (χ4v) is 6.07. The zero-order valence-electron chi connectivity index (χ0n) is 12.7. The van der Waals surface area contributed by atoms with Crippen molar-refractivity contribution in [1.29, 1.82) is 0 Å². The Labute approximate surface area is 131 Å². The Hall–Kier alpha value is -0.430. The van der Waals surface area contributed by atoms with Crippen LogP contribution in [-0.4, -0.2) is 31.4 Å². The smallest absolute Gasteiger partial charge is 0.244 e. The molecule has 2 fully saturated rings. The lowest BCUT2D eigenvalue weighted by Crippen LogP contribution is -2.45. The molecule has 1 aromatic heterocycles. The van der Waals surface area contributed by atoms with Gasteiger partial charge >= 0.3 is 0 Å². The van der Waals surface area contributed by atoms with E-state index in [1.165, 1.54) is 12.8 Å². The number of thiophene rings is 1. The lowest BCUT2D eigenvalue weighted by molar-refractivity contribution is 0.218. The maximum atomic E-state index is 13.0. The highest BCUT2D eigenvalue weighted by Gasteiger charge is 2.35. The summed E-state index contributed by atoms with van der Waals surface area (Å²) in [5.74, 6) is 0.447. The van der Waals surface area contributed by atoms with Crippen LogP contribution in [0.5, 0.6) is 0 Å². The molecule has 1 saturated heterocycles. The molecule has 2 unspecified atom stereocenters. The fraction of sp³-hybridized carbons (Fsp3) is 0.733. The molecule has 1 aliphatic heterocycles. The largest absolute Gasteiger partial charge is 0.309 e. The van der Waals surface area contributed by atoms with Crippen molar-refractivity contribution in [3.63, 3.8) is 0 Å². The van der Waals surface area contributed by atoms with E-state index in [0.717, 1.165) is 17.7 Å². The van der Waals surface area contributed by atoms with Crippen molar-refractivity contribution in [2.75, 3.05) is 6.54 Å². The summed E-state index contributed by atoms with van der Waals surface area (Å²) >= 11 is 1.54. The minimum atomic E-state index is -3.36. The Balaban J connectivity index is 1.81. The lowest BCUT2D eigenvalue weighted by Gasteiger charge is -2.35. The molecule has 1 aliphatic carbocycles.